The third-order valence-corrected chi connectivity index (χ3v) is 1.97. The Hall–Kier alpha value is 0.944. The second-order valence-corrected chi connectivity index (χ2v) is 3.44. The molecule has 0 bridgehead atoms. The third-order valence-electron chi connectivity index (χ3n) is 1.39. The van der Waals surface area contributed by atoms with E-state index in [1.807, 2.05) is 6.92 Å². The van der Waals surface area contributed by atoms with Crippen LogP contribution in [0.3, 0.4) is 0 Å². The van der Waals surface area contributed by atoms with Crippen LogP contribution in [-0.2, 0) is 47.7 Å². The molecule has 1 unspecified atom stereocenters. The van der Waals surface area contributed by atoms with Crippen molar-refractivity contribution in [2.75, 3.05) is 40.1 Å². The molecule has 0 saturated carbocycles. The first-order valence-electron chi connectivity index (χ1n) is 4.31. The van der Waals surface area contributed by atoms with E-state index >= 15 is 0 Å². The Morgan fingerprint density at radius 2 is 1.92 bits per heavy atom. The van der Waals surface area contributed by atoms with Gasteiger partial charge in [-0.3, -0.25) is 0 Å². The van der Waals surface area contributed by atoms with Gasteiger partial charge in [-0.25, -0.2) is 0 Å². The average molecular weight is 266 g/mol. The molecule has 13 heavy (non-hydrogen) atoms. The van der Waals surface area contributed by atoms with Gasteiger partial charge in [0.1, 0.15) is 0 Å². The van der Waals surface area contributed by atoms with E-state index in [4.69, 9.17) is 16.3 Å². The van der Waals surface area contributed by atoms with Crippen molar-refractivity contribution in [3.05, 3.63) is 0 Å². The van der Waals surface area contributed by atoms with Gasteiger partial charge in [-0.05, 0) is 0 Å². The first kappa shape index (κ1) is 13.9. The number of ether oxygens (including phenoxy) is 3. The summed E-state index contributed by atoms with van der Waals surface area (Å²) in [5.74, 6) is 0. The molecular weight excluding hydrogens is 249 g/mol. The molecule has 0 saturated heterocycles. The molecule has 0 aromatic carbocycles. The molecule has 0 radical (unpaired) electrons. The van der Waals surface area contributed by atoms with Crippen LogP contribution in [0.4, 0.5) is 0 Å². The molecule has 5 heteroatoms. The molecule has 76 valence electrons. The van der Waals surface area contributed by atoms with Crippen molar-refractivity contribution in [1.29, 1.82) is 0 Å². The maximum atomic E-state index is 5.38. The number of rotatable bonds is 9. The van der Waals surface area contributed by atoms with Crippen LogP contribution in [0.15, 0.2) is 0 Å². The minimum atomic E-state index is 0.128. The second kappa shape index (κ2) is 11.0. The Bertz CT molecular complexity index is 102. The van der Waals surface area contributed by atoms with Gasteiger partial charge in [0.25, 0.3) is 0 Å². The fraction of sp³-hybridized carbons (Fsp3) is 1.00. The normalized spacial score (nSPS) is 13.0. The molecule has 0 amide bonds. The van der Waals surface area contributed by atoms with Crippen molar-refractivity contribution in [2.24, 2.45) is 0 Å². The predicted molar refractivity (Wildman–Crippen MR) is 44.1 cm³/mol. The molecule has 0 aliphatic heterocycles. The van der Waals surface area contributed by atoms with E-state index in [2.05, 4.69) is 0 Å². The molecule has 0 rings (SSSR count). The van der Waals surface area contributed by atoms with Crippen LogP contribution in [0.1, 0.15) is 6.92 Å². The van der Waals surface area contributed by atoms with Crippen molar-refractivity contribution >= 4 is 0 Å². The molecule has 0 aliphatic carbocycles. The van der Waals surface area contributed by atoms with Gasteiger partial charge in [-0.15, -0.1) is 0 Å². The summed E-state index contributed by atoms with van der Waals surface area (Å²) in [6, 6.07) is 0. The average Bonchev–Trinajstić information content (AvgIpc) is 2.13. The van der Waals surface area contributed by atoms with E-state index in [1.54, 1.807) is 7.11 Å². The van der Waals surface area contributed by atoms with Crippen molar-refractivity contribution in [3.8, 4) is 0 Å². The summed E-state index contributed by atoms with van der Waals surface area (Å²) in [6.45, 7) is 5.20. The van der Waals surface area contributed by atoms with Crippen LogP contribution in [0, 0.1) is 0 Å². The second-order valence-electron chi connectivity index (χ2n) is 2.62. The van der Waals surface area contributed by atoms with Gasteiger partial charge in [0.2, 0.25) is 0 Å². The maximum absolute atomic E-state index is 5.38. The van der Waals surface area contributed by atoms with E-state index in [1.165, 1.54) is 0 Å². The van der Waals surface area contributed by atoms with Crippen LogP contribution < -0.4 is 0 Å². The number of hydrogen-bond acceptors (Lipinski definition) is 4. The van der Waals surface area contributed by atoms with Gasteiger partial charge < -0.3 is 0 Å². The Balaban J connectivity index is 3.05. The zero-order valence-electron chi connectivity index (χ0n) is 8.32. The van der Waals surface area contributed by atoms with Crippen molar-refractivity contribution in [3.63, 3.8) is 0 Å². The zero-order chi connectivity index (χ0) is 9.94. The number of methoxy groups -OCH3 is 1. The van der Waals surface area contributed by atoms with Crippen LogP contribution in [-0.4, -0.2) is 46.2 Å². The molecule has 0 N–H and O–H groups in total. The van der Waals surface area contributed by atoms with Crippen molar-refractivity contribution in [1.82, 2.24) is 0 Å². The van der Waals surface area contributed by atoms with Gasteiger partial charge in [0.15, 0.2) is 0 Å². The Morgan fingerprint density at radius 1 is 1.15 bits per heavy atom. The quantitative estimate of drug-likeness (QED) is 0.571. The van der Waals surface area contributed by atoms with Crippen LogP contribution in [0.2, 0.25) is 0 Å². The summed E-state index contributed by atoms with van der Waals surface area (Å²) in [7, 11) is 1.66. The van der Waals surface area contributed by atoms with E-state index in [9.17, 15) is 0 Å². The summed E-state index contributed by atoms with van der Waals surface area (Å²) in [6.07, 6.45) is 0.128. The minimum absolute atomic E-state index is 0.128. The van der Waals surface area contributed by atoms with Crippen LogP contribution in [0.25, 0.3) is 0 Å². The van der Waals surface area contributed by atoms with E-state index in [0.717, 1.165) is 31.5 Å². The van der Waals surface area contributed by atoms with Crippen LogP contribution >= 0.6 is 0 Å². The molecule has 0 aliphatic rings. The summed E-state index contributed by atoms with van der Waals surface area (Å²) in [4.78, 5) is 0. The molecule has 0 spiro atoms. The fourth-order valence-electron chi connectivity index (χ4n) is 0.737. The topological polar surface area (TPSA) is 36.9 Å². The summed E-state index contributed by atoms with van der Waals surface area (Å²) < 4.78 is 20.5. The summed E-state index contributed by atoms with van der Waals surface area (Å²) in [5.41, 5.74) is 0. The first-order chi connectivity index (χ1) is 6.31. The van der Waals surface area contributed by atoms with E-state index in [0.29, 0.717) is 33.0 Å². The van der Waals surface area contributed by atoms with Gasteiger partial charge in [0, 0.05) is 0 Å². The molecule has 4 nitrogen and oxygen atoms in total. The summed E-state index contributed by atoms with van der Waals surface area (Å²) in [5, 5.41) is 0. The first-order valence-corrected chi connectivity index (χ1v) is 5.47. The molecule has 0 heterocycles. The van der Waals surface area contributed by atoms with E-state index < -0.39 is 0 Å². The van der Waals surface area contributed by atoms with Gasteiger partial charge in [-0.2, -0.15) is 0 Å². The molecule has 0 aromatic heterocycles. The van der Waals surface area contributed by atoms with Crippen molar-refractivity contribution < 1.29 is 47.7 Å². The monoisotopic (exact) mass is 266 g/mol. The SMILES string of the molecule is COCCOC(C)COCC[O][Y]. The third kappa shape index (κ3) is 10.9. The Kier molecular flexibility index (Phi) is 11.8. The zero-order valence-corrected chi connectivity index (χ0v) is 11.2. The van der Waals surface area contributed by atoms with Gasteiger partial charge in [0.05, 0.1) is 0 Å². The van der Waals surface area contributed by atoms with Crippen molar-refractivity contribution in [2.45, 2.75) is 13.0 Å². The van der Waals surface area contributed by atoms with Crippen LogP contribution in [0.5, 0.6) is 0 Å². The van der Waals surface area contributed by atoms with E-state index in [-0.39, 0.29) is 6.10 Å². The van der Waals surface area contributed by atoms with Gasteiger partial charge >= 0.3 is 101 Å². The Morgan fingerprint density at radius 3 is 2.54 bits per heavy atom. The predicted octanol–water partition coefficient (Wildman–Crippen LogP) is 0.533. The molecule has 0 fully saturated rings. The standard InChI is InChI=1S/C8H17O4.Y/c1-8(7-11-4-3-9)12-6-5-10-2;/h8H,3-7H2,1-2H3;/q-1;+1. The Labute approximate surface area is 101 Å². The molecular formula is C8H17O4Y. The summed E-state index contributed by atoms with van der Waals surface area (Å²) >= 11 is 0.833. The molecule has 1 atom stereocenters. The van der Waals surface area contributed by atoms with Gasteiger partial charge in [-0.1, -0.05) is 0 Å². The molecule has 0 aromatic rings. The fourth-order valence-corrected chi connectivity index (χ4v) is 0.974. The number of hydrogen-bond donors (Lipinski definition) is 0.